The number of thioether (sulfide) groups is 1. The van der Waals surface area contributed by atoms with Gasteiger partial charge >= 0.3 is 0 Å². The lowest BCUT2D eigenvalue weighted by atomic mass is 10.2. The van der Waals surface area contributed by atoms with Crippen LogP contribution in [0, 0.1) is 0 Å². The first-order chi connectivity index (χ1) is 11.7. The van der Waals surface area contributed by atoms with E-state index >= 15 is 0 Å². The molecule has 2 heterocycles. The van der Waals surface area contributed by atoms with Crippen LogP contribution < -0.4 is 20.1 Å². The van der Waals surface area contributed by atoms with Crippen molar-refractivity contribution >= 4 is 35.0 Å². The van der Waals surface area contributed by atoms with Crippen LogP contribution in [0.4, 0.5) is 11.4 Å². The van der Waals surface area contributed by atoms with Gasteiger partial charge in [0.2, 0.25) is 18.6 Å². The molecule has 0 saturated heterocycles. The topological polar surface area (TPSA) is 76.7 Å². The van der Waals surface area contributed by atoms with E-state index in [1.54, 1.807) is 18.2 Å². The number of ether oxygens (including phenoxy) is 2. The van der Waals surface area contributed by atoms with E-state index in [4.69, 9.17) is 9.47 Å². The van der Waals surface area contributed by atoms with Crippen LogP contribution >= 0.6 is 11.8 Å². The first-order valence-corrected chi connectivity index (χ1v) is 8.33. The van der Waals surface area contributed by atoms with Gasteiger partial charge in [0.1, 0.15) is 0 Å². The number of rotatable bonds is 3. The molecule has 7 heteroatoms. The first-order valence-electron chi connectivity index (χ1n) is 7.45. The summed E-state index contributed by atoms with van der Waals surface area (Å²) in [6.45, 7) is 0.186. The van der Waals surface area contributed by atoms with Gasteiger partial charge in [-0.15, -0.1) is 11.8 Å². The fourth-order valence-corrected chi connectivity index (χ4v) is 3.69. The zero-order valence-electron chi connectivity index (χ0n) is 12.6. The summed E-state index contributed by atoms with van der Waals surface area (Å²) in [4.78, 5) is 25.4. The first kappa shape index (κ1) is 14.9. The van der Waals surface area contributed by atoms with Gasteiger partial charge in [0.05, 0.1) is 10.9 Å². The fourth-order valence-electron chi connectivity index (χ4n) is 2.58. The molecule has 0 spiro atoms. The number of hydrogen-bond acceptors (Lipinski definition) is 5. The molecule has 0 saturated carbocycles. The summed E-state index contributed by atoms with van der Waals surface area (Å²) < 4.78 is 10.5. The van der Waals surface area contributed by atoms with Gasteiger partial charge in [-0.1, -0.05) is 12.1 Å². The van der Waals surface area contributed by atoms with Gasteiger partial charge in [-0.25, -0.2) is 0 Å². The normalized spacial score (nSPS) is 17.8. The van der Waals surface area contributed by atoms with E-state index in [2.05, 4.69) is 10.6 Å². The number of nitrogens with one attached hydrogen (secondary N) is 2. The molecule has 1 atom stereocenters. The minimum absolute atomic E-state index is 0.0965. The smallest absolute Gasteiger partial charge is 0.238 e. The Morgan fingerprint density at radius 1 is 1.21 bits per heavy atom. The average molecular weight is 342 g/mol. The quantitative estimate of drug-likeness (QED) is 0.897. The van der Waals surface area contributed by atoms with Crippen molar-refractivity contribution in [3.8, 4) is 11.5 Å². The van der Waals surface area contributed by atoms with Gasteiger partial charge in [-0.2, -0.15) is 0 Å². The molecular formula is C17H14N2O4S. The number of hydrogen-bond donors (Lipinski definition) is 2. The van der Waals surface area contributed by atoms with Crippen LogP contribution in [-0.2, 0) is 9.59 Å². The van der Waals surface area contributed by atoms with Gasteiger partial charge in [0.15, 0.2) is 11.5 Å². The second-order valence-electron chi connectivity index (χ2n) is 5.41. The molecule has 2 aliphatic rings. The van der Waals surface area contributed by atoms with Crippen molar-refractivity contribution in [1.29, 1.82) is 0 Å². The molecule has 0 fully saturated rings. The number of benzene rings is 2. The molecule has 6 nitrogen and oxygen atoms in total. The molecule has 24 heavy (non-hydrogen) atoms. The second-order valence-corrected chi connectivity index (χ2v) is 6.66. The van der Waals surface area contributed by atoms with E-state index in [0.717, 1.165) is 10.6 Å². The number of fused-ring (bicyclic) bond motifs is 2. The minimum Gasteiger partial charge on any atom is -0.454 e. The third-order valence-corrected chi connectivity index (χ3v) is 5.01. The summed E-state index contributed by atoms with van der Waals surface area (Å²) in [6, 6.07) is 12.8. The van der Waals surface area contributed by atoms with Gasteiger partial charge in [0, 0.05) is 23.1 Å². The van der Waals surface area contributed by atoms with Gasteiger partial charge in [0.25, 0.3) is 0 Å². The Hall–Kier alpha value is -2.67. The highest BCUT2D eigenvalue weighted by Gasteiger charge is 2.28. The predicted octanol–water partition coefficient (Wildman–Crippen LogP) is 2.86. The summed E-state index contributed by atoms with van der Waals surface area (Å²) in [6.07, 6.45) is 0.0965. The van der Waals surface area contributed by atoms with Crippen molar-refractivity contribution in [3.63, 3.8) is 0 Å². The summed E-state index contributed by atoms with van der Waals surface area (Å²) in [5.74, 6) is 0.888. The van der Waals surface area contributed by atoms with E-state index < -0.39 is 5.25 Å². The van der Waals surface area contributed by atoms with E-state index in [0.29, 0.717) is 17.2 Å². The van der Waals surface area contributed by atoms with Crippen LogP contribution in [0.25, 0.3) is 0 Å². The van der Waals surface area contributed by atoms with E-state index in [9.17, 15) is 9.59 Å². The van der Waals surface area contributed by atoms with Gasteiger partial charge in [-0.05, 0) is 24.3 Å². The molecule has 0 bridgehead atoms. The van der Waals surface area contributed by atoms with Crippen LogP contribution in [0.1, 0.15) is 6.42 Å². The number of carbonyl (C=O) groups is 2. The molecular weight excluding hydrogens is 328 g/mol. The summed E-state index contributed by atoms with van der Waals surface area (Å²) in [5, 5.41) is 5.18. The molecule has 0 radical (unpaired) electrons. The summed E-state index contributed by atoms with van der Waals surface area (Å²) in [5.41, 5.74) is 1.41. The minimum atomic E-state index is -0.450. The van der Waals surface area contributed by atoms with Crippen molar-refractivity contribution in [3.05, 3.63) is 42.5 Å². The monoisotopic (exact) mass is 342 g/mol. The molecule has 2 amide bonds. The van der Waals surface area contributed by atoms with Crippen LogP contribution in [0.2, 0.25) is 0 Å². The van der Waals surface area contributed by atoms with Crippen molar-refractivity contribution in [2.45, 2.75) is 16.6 Å². The third kappa shape index (κ3) is 2.90. The van der Waals surface area contributed by atoms with Gasteiger partial charge < -0.3 is 20.1 Å². The van der Waals surface area contributed by atoms with Crippen molar-refractivity contribution in [1.82, 2.24) is 0 Å². The molecule has 2 aromatic carbocycles. The maximum atomic E-state index is 12.3. The summed E-state index contributed by atoms with van der Waals surface area (Å²) >= 11 is 1.41. The van der Waals surface area contributed by atoms with Crippen LogP contribution in [0.15, 0.2) is 47.4 Å². The number of anilines is 2. The van der Waals surface area contributed by atoms with Crippen molar-refractivity contribution < 1.29 is 19.1 Å². The standard InChI is InChI=1S/C17H14N2O4S/c20-16(18-10-5-6-12-13(7-10)23-9-22-12)8-15-17(21)19-11-3-1-2-4-14(11)24-15/h1-7,15H,8-9H2,(H,18,20)(H,19,21)/t15-/m1/s1. The SMILES string of the molecule is O=C(C[C@H]1Sc2ccccc2NC1=O)Nc1ccc2c(c1)OCO2. The molecule has 122 valence electrons. The van der Waals surface area contributed by atoms with Gasteiger partial charge in [-0.3, -0.25) is 9.59 Å². The Labute approximate surface area is 142 Å². The Morgan fingerprint density at radius 2 is 2.04 bits per heavy atom. The molecule has 2 aliphatic heterocycles. The lowest BCUT2D eigenvalue weighted by Crippen LogP contribution is -2.32. The molecule has 4 rings (SSSR count). The second kappa shape index (κ2) is 6.09. The molecule has 0 aliphatic carbocycles. The molecule has 0 unspecified atom stereocenters. The van der Waals surface area contributed by atoms with Crippen LogP contribution in [0.5, 0.6) is 11.5 Å². The number of para-hydroxylation sites is 1. The van der Waals surface area contributed by atoms with Crippen LogP contribution in [0.3, 0.4) is 0 Å². The van der Waals surface area contributed by atoms with E-state index in [1.165, 1.54) is 11.8 Å². The van der Waals surface area contributed by atoms with Crippen molar-refractivity contribution in [2.75, 3.05) is 17.4 Å². The average Bonchev–Trinajstić information content (AvgIpc) is 3.03. The molecule has 2 aromatic rings. The van der Waals surface area contributed by atoms with Crippen molar-refractivity contribution in [2.24, 2.45) is 0 Å². The number of amides is 2. The Balaban J connectivity index is 1.42. The third-order valence-electron chi connectivity index (χ3n) is 3.73. The van der Waals surface area contributed by atoms with E-state index in [-0.39, 0.29) is 25.0 Å². The lowest BCUT2D eigenvalue weighted by Gasteiger charge is -2.23. The Morgan fingerprint density at radius 3 is 2.96 bits per heavy atom. The molecule has 2 N–H and O–H groups in total. The largest absolute Gasteiger partial charge is 0.454 e. The predicted molar refractivity (Wildman–Crippen MR) is 90.5 cm³/mol. The Kier molecular flexibility index (Phi) is 3.78. The molecule has 0 aromatic heterocycles. The zero-order valence-corrected chi connectivity index (χ0v) is 13.4. The zero-order chi connectivity index (χ0) is 16.5. The Bertz CT molecular complexity index is 824. The maximum Gasteiger partial charge on any atom is 0.238 e. The fraction of sp³-hybridized carbons (Fsp3) is 0.176. The highest BCUT2D eigenvalue weighted by atomic mass is 32.2. The summed E-state index contributed by atoms with van der Waals surface area (Å²) in [7, 11) is 0. The van der Waals surface area contributed by atoms with Crippen LogP contribution in [-0.4, -0.2) is 23.9 Å². The number of carbonyl (C=O) groups excluding carboxylic acids is 2. The maximum absolute atomic E-state index is 12.3. The highest BCUT2D eigenvalue weighted by Crippen LogP contribution is 2.37. The lowest BCUT2D eigenvalue weighted by molar-refractivity contribution is -0.120. The highest BCUT2D eigenvalue weighted by molar-refractivity contribution is 8.01. The van der Waals surface area contributed by atoms with E-state index in [1.807, 2.05) is 24.3 Å².